The molecule has 27 heavy (non-hydrogen) atoms. The second kappa shape index (κ2) is 7.02. The van der Waals surface area contributed by atoms with Crippen molar-refractivity contribution in [1.29, 1.82) is 0 Å². The van der Waals surface area contributed by atoms with Gasteiger partial charge in [-0.3, -0.25) is 0 Å². The number of fused-ring (bicyclic) bond motifs is 1. The molecule has 0 spiro atoms. The summed E-state index contributed by atoms with van der Waals surface area (Å²) in [5.41, 5.74) is 2.69. The molecule has 0 unspecified atom stereocenters. The summed E-state index contributed by atoms with van der Waals surface area (Å²) in [4.78, 5) is 17.2. The van der Waals surface area contributed by atoms with Gasteiger partial charge in [-0.1, -0.05) is 48.2 Å². The van der Waals surface area contributed by atoms with Crippen LogP contribution in [0.15, 0.2) is 58.6 Å². The molecule has 0 N–H and O–H groups in total. The highest BCUT2D eigenvalue weighted by Crippen LogP contribution is 2.40. The summed E-state index contributed by atoms with van der Waals surface area (Å²) in [5, 5.41) is 0. The number of carbonyl (C=O) groups is 1. The lowest BCUT2D eigenvalue weighted by Gasteiger charge is -2.19. The summed E-state index contributed by atoms with van der Waals surface area (Å²) in [6, 6.07) is 16.0. The summed E-state index contributed by atoms with van der Waals surface area (Å²) < 4.78 is 13.3. The fourth-order valence-electron chi connectivity index (χ4n) is 3.25. The first-order chi connectivity index (χ1) is 13.0. The minimum absolute atomic E-state index is 0.339. The SMILES string of the molecule is COC1=C(c2ccccc2CSc2nc3ccccc3s2)C(=O)OC1(C)C. The fraction of sp³-hybridized carbons (Fsp3) is 0.238. The second-order valence-corrected chi connectivity index (χ2v) is 8.95. The third-order valence-corrected chi connectivity index (χ3v) is 6.67. The normalized spacial score (nSPS) is 16.0. The Hall–Kier alpha value is -2.31. The van der Waals surface area contributed by atoms with E-state index in [1.165, 1.54) is 4.70 Å². The predicted octanol–water partition coefficient (Wildman–Crippen LogP) is 5.28. The molecule has 4 rings (SSSR count). The van der Waals surface area contributed by atoms with Gasteiger partial charge >= 0.3 is 5.97 Å². The van der Waals surface area contributed by atoms with Gasteiger partial charge in [-0.2, -0.15) is 0 Å². The molecule has 3 aromatic rings. The molecule has 0 saturated carbocycles. The molecule has 1 aliphatic heterocycles. The van der Waals surface area contributed by atoms with Crippen LogP contribution in [0.3, 0.4) is 0 Å². The molecule has 0 saturated heterocycles. The van der Waals surface area contributed by atoms with Crippen molar-refractivity contribution < 1.29 is 14.3 Å². The van der Waals surface area contributed by atoms with E-state index in [0.717, 1.165) is 21.0 Å². The van der Waals surface area contributed by atoms with Gasteiger partial charge < -0.3 is 9.47 Å². The van der Waals surface area contributed by atoms with Gasteiger partial charge in [-0.25, -0.2) is 9.78 Å². The van der Waals surface area contributed by atoms with Crippen LogP contribution in [0.2, 0.25) is 0 Å². The van der Waals surface area contributed by atoms with E-state index in [1.807, 2.05) is 56.3 Å². The molecule has 2 aromatic carbocycles. The van der Waals surface area contributed by atoms with E-state index in [9.17, 15) is 4.79 Å². The van der Waals surface area contributed by atoms with E-state index in [4.69, 9.17) is 9.47 Å². The molecular formula is C21H19NO3S2. The molecule has 0 amide bonds. The first-order valence-electron chi connectivity index (χ1n) is 8.58. The molecule has 0 aliphatic carbocycles. The van der Waals surface area contributed by atoms with E-state index >= 15 is 0 Å². The Bertz CT molecular complexity index is 1020. The highest BCUT2D eigenvalue weighted by Gasteiger charge is 2.43. The summed E-state index contributed by atoms with van der Waals surface area (Å²) in [5.74, 6) is 0.948. The van der Waals surface area contributed by atoms with E-state index in [0.29, 0.717) is 17.1 Å². The number of nitrogens with zero attached hydrogens (tertiary/aromatic N) is 1. The smallest absolute Gasteiger partial charge is 0.343 e. The van der Waals surface area contributed by atoms with Gasteiger partial charge in [-0.05, 0) is 37.1 Å². The molecule has 1 aliphatic rings. The number of carbonyl (C=O) groups excluding carboxylic acids is 1. The highest BCUT2D eigenvalue weighted by atomic mass is 32.2. The summed E-state index contributed by atoms with van der Waals surface area (Å²) in [7, 11) is 1.58. The zero-order valence-electron chi connectivity index (χ0n) is 15.3. The maximum absolute atomic E-state index is 12.5. The highest BCUT2D eigenvalue weighted by molar-refractivity contribution is 8.00. The predicted molar refractivity (Wildman–Crippen MR) is 110 cm³/mol. The number of rotatable bonds is 5. The van der Waals surface area contributed by atoms with Gasteiger partial charge in [0.1, 0.15) is 5.57 Å². The van der Waals surface area contributed by atoms with E-state index in [-0.39, 0.29) is 5.97 Å². The van der Waals surface area contributed by atoms with Crippen LogP contribution in [-0.2, 0) is 20.0 Å². The zero-order valence-corrected chi connectivity index (χ0v) is 16.9. The molecule has 4 nitrogen and oxygen atoms in total. The number of esters is 1. The number of hydrogen-bond acceptors (Lipinski definition) is 6. The molecule has 0 fully saturated rings. The largest absolute Gasteiger partial charge is 0.496 e. The molecule has 6 heteroatoms. The van der Waals surface area contributed by atoms with Crippen molar-refractivity contribution in [2.75, 3.05) is 7.11 Å². The number of thiazole rings is 1. The van der Waals surface area contributed by atoms with Crippen LogP contribution in [0.4, 0.5) is 0 Å². The number of methoxy groups -OCH3 is 1. The Labute approximate surface area is 166 Å². The first-order valence-corrected chi connectivity index (χ1v) is 10.4. The van der Waals surface area contributed by atoms with Gasteiger partial charge in [0.2, 0.25) is 0 Å². The van der Waals surface area contributed by atoms with E-state index in [1.54, 1.807) is 30.2 Å². The van der Waals surface area contributed by atoms with Crippen molar-refractivity contribution in [1.82, 2.24) is 4.98 Å². The van der Waals surface area contributed by atoms with Gasteiger partial charge in [0, 0.05) is 5.75 Å². The zero-order chi connectivity index (χ0) is 19.0. The molecule has 2 heterocycles. The molecule has 1 aromatic heterocycles. The van der Waals surface area contributed by atoms with Crippen LogP contribution < -0.4 is 0 Å². The van der Waals surface area contributed by atoms with Gasteiger partial charge in [0.15, 0.2) is 15.7 Å². The monoisotopic (exact) mass is 397 g/mol. The molecule has 0 radical (unpaired) electrons. The Morgan fingerprint density at radius 2 is 1.89 bits per heavy atom. The van der Waals surface area contributed by atoms with E-state index in [2.05, 4.69) is 11.1 Å². The Morgan fingerprint density at radius 3 is 2.67 bits per heavy atom. The van der Waals surface area contributed by atoms with Gasteiger partial charge in [-0.15, -0.1) is 11.3 Å². The Morgan fingerprint density at radius 1 is 1.15 bits per heavy atom. The average Bonchev–Trinajstić information content (AvgIpc) is 3.16. The minimum atomic E-state index is -0.756. The number of para-hydroxylation sites is 1. The topological polar surface area (TPSA) is 48.4 Å². The van der Waals surface area contributed by atoms with Crippen molar-refractivity contribution in [2.24, 2.45) is 0 Å². The minimum Gasteiger partial charge on any atom is -0.496 e. The van der Waals surface area contributed by atoms with Gasteiger partial charge in [0.25, 0.3) is 0 Å². The van der Waals surface area contributed by atoms with Crippen LogP contribution in [0, 0.1) is 0 Å². The lowest BCUT2D eigenvalue weighted by Crippen LogP contribution is -2.23. The van der Waals surface area contributed by atoms with Crippen LogP contribution in [0.5, 0.6) is 0 Å². The number of cyclic esters (lactones) is 1. The van der Waals surface area contributed by atoms with Gasteiger partial charge in [0.05, 0.1) is 17.3 Å². The van der Waals surface area contributed by atoms with Crippen LogP contribution in [0.1, 0.15) is 25.0 Å². The Kier molecular flexibility index (Phi) is 4.70. The van der Waals surface area contributed by atoms with Crippen molar-refractivity contribution in [3.05, 3.63) is 65.4 Å². The van der Waals surface area contributed by atoms with Crippen LogP contribution in [0.25, 0.3) is 15.8 Å². The number of thioether (sulfide) groups is 1. The molecule has 138 valence electrons. The lowest BCUT2D eigenvalue weighted by atomic mass is 9.96. The number of hydrogen-bond donors (Lipinski definition) is 0. The second-order valence-electron chi connectivity index (χ2n) is 6.70. The number of ether oxygens (including phenoxy) is 2. The van der Waals surface area contributed by atoms with Crippen molar-refractivity contribution >= 4 is 44.9 Å². The molecule has 0 bridgehead atoms. The van der Waals surface area contributed by atoms with Crippen molar-refractivity contribution in [2.45, 2.75) is 29.5 Å². The summed E-state index contributed by atoms with van der Waals surface area (Å²) in [6.45, 7) is 3.68. The Balaban J connectivity index is 1.66. The maximum atomic E-state index is 12.5. The van der Waals surface area contributed by atoms with Crippen molar-refractivity contribution in [3.63, 3.8) is 0 Å². The number of aromatic nitrogens is 1. The third kappa shape index (κ3) is 3.35. The van der Waals surface area contributed by atoms with Crippen LogP contribution >= 0.6 is 23.1 Å². The van der Waals surface area contributed by atoms with Crippen molar-refractivity contribution in [3.8, 4) is 0 Å². The quantitative estimate of drug-likeness (QED) is 0.433. The average molecular weight is 398 g/mol. The standard InChI is InChI=1S/C21H19NO3S2/c1-21(2)18(24-3)17(19(23)25-21)14-9-5-4-8-13(14)12-26-20-22-15-10-6-7-11-16(15)27-20/h4-11H,12H2,1-3H3. The fourth-order valence-corrected chi connectivity index (χ4v) is 5.32. The molecule has 0 atom stereocenters. The summed E-state index contributed by atoms with van der Waals surface area (Å²) >= 11 is 3.36. The van der Waals surface area contributed by atoms with Crippen LogP contribution in [-0.4, -0.2) is 23.7 Å². The van der Waals surface area contributed by atoms with E-state index < -0.39 is 5.60 Å². The molecular weight excluding hydrogens is 378 g/mol. The number of benzene rings is 2. The first kappa shape index (κ1) is 18.1. The lowest BCUT2D eigenvalue weighted by molar-refractivity contribution is -0.144. The summed E-state index contributed by atoms with van der Waals surface area (Å²) in [6.07, 6.45) is 0. The maximum Gasteiger partial charge on any atom is 0.343 e. The third-order valence-electron chi connectivity index (χ3n) is 4.44.